The van der Waals surface area contributed by atoms with E-state index in [2.05, 4.69) is 0 Å². The average Bonchev–Trinajstić information content (AvgIpc) is 2.35. The van der Waals surface area contributed by atoms with Crippen LogP contribution in [0.1, 0.15) is 0 Å². The molecule has 0 aliphatic carbocycles. The van der Waals surface area contributed by atoms with Gasteiger partial charge in [0.25, 0.3) is 0 Å². The molecule has 0 saturated heterocycles. The Morgan fingerprint density at radius 1 is 0.545 bits per heavy atom. The van der Waals surface area contributed by atoms with Crippen molar-refractivity contribution >= 4 is 23.9 Å². The molecule has 0 rings (SSSR count). The predicted octanol–water partition coefficient (Wildman–Crippen LogP) is -9.59. The fourth-order valence-electron chi connectivity index (χ4n) is 0.516. The van der Waals surface area contributed by atoms with Gasteiger partial charge in [0.2, 0.25) is 0 Å². The third-order valence-corrected chi connectivity index (χ3v) is 1.56. The second-order valence-electron chi connectivity index (χ2n) is 3.06. The Morgan fingerprint density at radius 3 is 0.682 bits per heavy atom. The number of aliphatic carboxylic acids is 4. The molecule has 125 valence electrons. The quantitative estimate of drug-likeness (QED) is 0.290. The van der Waals surface area contributed by atoms with Crippen LogP contribution in [-0.4, -0.2) is 68.7 Å². The van der Waals surface area contributed by atoms with E-state index in [1.807, 2.05) is 0 Å². The smallest absolute Gasteiger partial charge is 0.547 e. The van der Waals surface area contributed by atoms with Gasteiger partial charge in [0.15, 0.2) is 0 Å². The van der Waals surface area contributed by atoms with Crippen molar-refractivity contribution in [3.05, 3.63) is 0 Å². The van der Waals surface area contributed by atoms with Gasteiger partial charge in [0.1, 0.15) is 24.4 Å². The van der Waals surface area contributed by atoms with Gasteiger partial charge in [0, 0.05) is 0 Å². The number of aliphatic hydroxyl groups excluding tert-OH is 4. The minimum atomic E-state index is -2.44. The topological polar surface area (TPSA) is 241 Å². The van der Waals surface area contributed by atoms with Crippen LogP contribution in [0.25, 0.3) is 0 Å². The summed E-state index contributed by atoms with van der Waals surface area (Å²) in [5.74, 6) is -8.23. The summed E-state index contributed by atoms with van der Waals surface area (Å²) < 4.78 is 0. The first kappa shape index (κ1) is 28.9. The van der Waals surface area contributed by atoms with Crippen LogP contribution in [0.2, 0.25) is 0 Å². The minimum absolute atomic E-state index is 0. The second-order valence-corrected chi connectivity index (χ2v) is 3.06. The summed E-state index contributed by atoms with van der Waals surface area (Å²) in [4.78, 5) is 38.5. The van der Waals surface area contributed by atoms with E-state index >= 15 is 0 Å². The van der Waals surface area contributed by atoms with E-state index < -0.39 is 48.3 Å². The molecular formula is C8H8CuO12Zn. The molecule has 14 heteroatoms. The minimum Gasteiger partial charge on any atom is -0.547 e. The molecular weight excluding hydrogens is 417 g/mol. The number of hydrogen-bond acceptors (Lipinski definition) is 12. The van der Waals surface area contributed by atoms with E-state index in [1.54, 1.807) is 0 Å². The molecule has 4 N–H and O–H groups in total. The maximum Gasteiger partial charge on any atom is 2.00 e. The van der Waals surface area contributed by atoms with E-state index in [0.717, 1.165) is 0 Å². The van der Waals surface area contributed by atoms with Crippen LogP contribution in [0, 0.1) is 0 Å². The van der Waals surface area contributed by atoms with Crippen molar-refractivity contribution in [1.29, 1.82) is 0 Å². The molecule has 0 aromatic rings. The first-order valence-corrected chi connectivity index (χ1v) is 4.49. The standard InChI is InChI=1S/2C4H6O6.Cu.Zn/c2*5-1(3(7)8)2(6)4(9)10;;/h2*1-2,5-6H,(H,7,8)(H,9,10);;/q;;2*+2/p-4. The molecule has 0 aromatic carbocycles. The van der Waals surface area contributed by atoms with Gasteiger partial charge in [-0.25, -0.2) is 0 Å². The molecule has 0 spiro atoms. The summed E-state index contributed by atoms with van der Waals surface area (Å²) in [5, 5.41) is 71.5. The van der Waals surface area contributed by atoms with Gasteiger partial charge in [-0.1, -0.05) is 0 Å². The normalized spacial score (nSPS) is 14.4. The molecule has 0 aliphatic heterocycles. The van der Waals surface area contributed by atoms with Crippen LogP contribution in [0.4, 0.5) is 0 Å². The molecule has 0 saturated carbocycles. The van der Waals surface area contributed by atoms with Crippen LogP contribution in [0.5, 0.6) is 0 Å². The maximum absolute atomic E-state index is 9.63. The van der Waals surface area contributed by atoms with Crippen molar-refractivity contribution in [2.24, 2.45) is 0 Å². The molecule has 0 aliphatic rings. The fourth-order valence-corrected chi connectivity index (χ4v) is 0.516. The van der Waals surface area contributed by atoms with Crippen molar-refractivity contribution in [2.75, 3.05) is 0 Å². The van der Waals surface area contributed by atoms with Crippen LogP contribution < -0.4 is 20.4 Å². The van der Waals surface area contributed by atoms with Gasteiger partial charge < -0.3 is 60.0 Å². The van der Waals surface area contributed by atoms with Crippen LogP contribution in [-0.2, 0) is 55.7 Å². The molecule has 4 unspecified atom stereocenters. The summed E-state index contributed by atoms with van der Waals surface area (Å²) in [6.07, 6.45) is -9.76. The molecule has 12 nitrogen and oxygen atoms in total. The molecule has 0 amide bonds. The van der Waals surface area contributed by atoms with Crippen LogP contribution in [0.3, 0.4) is 0 Å². The number of rotatable bonds is 6. The molecule has 4 atom stereocenters. The fraction of sp³-hybridized carbons (Fsp3) is 0.500. The Hall–Kier alpha value is -1.14. The summed E-state index contributed by atoms with van der Waals surface area (Å²) in [6, 6.07) is 0. The van der Waals surface area contributed by atoms with E-state index in [0.29, 0.717) is 0 Å². The Balaban J connectivity index is -0.000000135. The van der Waals surface area contributed by atoms with Gasteiger partial charge >= 0.3 is 36.5 Å². The van der Waals surface area contributed by atoms with Gasteiger partial charge in [0.05, 0.1) is 23.9 Å². The molecule has 1 radical (unpaired) electrons. The van der Waals surface area contributed by atoms with E-state index in [9.17, 15) is 39.6 Å². The Morgan fingerprint density at radius 2 is 0.636 bits per heavy atom. The van der Waals surface area contributed by atoms with E-state index in [4.69, 9.17) is 20.4 Å². The van der Waals surface area contributed by atoms with Crippen molar-refractivity contribution in [1.82, 2.24) is 0 Å². The predicted molar refractivity (Wildman–Crippen MR) is 44.1 cm³/mol. The molecule has 22 heavy (non-hydrogen) atoms. The van der Waals surface area contributed by atoms with Crippen molar-refractivity contribution in [2.45, 2.75) is 24.4 Å². The summed E-state index contributed by atoms with van der Waals surface area (Å²) in [7, 11) is 0. The number of carbonyl (C=O) groups excluding carboxylic acids is 4. The van der Waals surface area contributed by atoms with Gasteiger partial charge in [-0.2, -0.15) is 0 Å². The van der Waals surface area contributed by atoms with Crippen LogP contribution in [0.15, 0.2) is 0 Å². The molecule has 0 bridgehead atoms. The zero-order valence-electron chi connectivity index (χ0n) is 10.4. The third kappa shape index (κ3) is 11.5. The zero-order valence-corrected chi connectivity index (χ0v) is 14.3. The Bertz CT molecular complexity index is 315. The average molecular weight is 425 g/mol. The van der Waals surface area contributed by atoms with Crippen molar-refractivity contribution < 1.29 is 96.6 Å². The number of carboxylic acids is 4. The van der Waals surface area contributed by atoms with E-state index in [1.165, 1.54) is 0 Å². The van der Waals surface area contributed by atoms with Crippen LogP contribution >= 0.6 is 0 Å². The number of carboxylic acid groups (broad SMARTS) is 4. The third-order valence-electron chi connectivity index (χ3n) is 1.56. The Kier molecular flexibility index (Phi) is 17.8. The van der Waals surface area contributed by atoms with Gasteiger partial charge in [-0.05, 0) is 0 Å². The first-order chi connectivity index (χ1) is 8.93. The summed E-state index contributed by atoms with van der Waals surface area (Å²) in [6.45, 7) is 0. The summed E-state index contributed by atoms with van der Waals surface area (Å²) in [5.41, 5.74) is 0. The largest absolute Gasteiger partial charge is 2.00 e. The SMILES string of the molecule is O=C([O-])C(O)C(O)C(=O)[O-].O=C([O-])C(O)C(O)C(=O)[O-].[Cu+2].[Zn+2]. The molecule has 0 heterocycles. The van der Waals surface area contributed by atoms with E-state index in [-0.39, 0.29) is 36.5 Å². The van der Waals surface area contributed by atoms with Gasteiger partial charge in [-0.15, -0.1) is 0 Å². The number of hydrogen-bond donors (Lipinski definition) is 4. The number of carbonyl (C=O) groups is 4. The maximum atomic E-state index is 9.63. The number of aliphatic hydroxyl groups is 4. The summed E-state index contributed by atoms with van der Waals surface area (Å²) >= 11 is 0. The first-order valence-electron chi connectivity index (χ1n) is 4.49. The second kappa shape index (κ2) is 13.5. The van der Waals surface area contributed by atoms with Crippen molar-refractivity contribution in [3.63, 3.8) is 0 Å². The van der Waals surface area contributed by atoms with Crippen molar-refractivity contribution in [3.8, 4) is 0 Å². The molecule has 0 aromatic heterocycles. The zero-order chi connectivity index (χ0) is 16.6. The molecule has 0 fully saturated rings. The van der Waals surface area contributed by atoms with Gasteiger partial charge in [-0.3, -0.25) is 0 Å². The Labute approximate surface area is 145 Å². The monoisotopic (exact) mass is 423 g/mol.